The Hall–Kier alpha value is -1.93. The lowest BCUT2D eigenvalue weighted by Gasteiger charge is -2.11. The number of rotatable bonds is 4. The fourth-order valence-corrected chi connectivity index (χ4v) is 2.62. The number of nitrogens with zero attached hydrogens (tertiary/aromatic N) is 2. The van der Waals surface area contributed by atoms with Crippen LogP contribution in [-0.4, -0.2) is 4.98 Å². The largest absolute Gasteiger partial charge is 1.00 e. The van der Waals surface area contributed by atoms with E-state index in [1.54, 1.807) is 0 Å². The van der Waals surface area contributed by atoms with Gasteiger partial charge < -0.3 is 12.4 Å². The van der Waals surface area contributed by atoms with E-state index in [2.05, 4.69) is 65.7 Å². The molecule has 2 nitrogen and oxygen atoms in total. The van der Waals surface area contributed by atoms with Gasteiger partial charge in [0, 0.05) is 30.9 Å². The van der Waals surface area contributed by atoms with Gasteiger partial charge in [-0.15, -0.1) is 0 Å². The van der Waals surface area contributed by atoms with Gasteiger partial charge >= 0.3 is 0 Å². The van der Waals surface area contributed by atoms with Gasteiger partial charge in [-0.3, -0.25) is 4.98 Å². The molecule has 0 aliphatic heterocycles. The van der Waals surface area contributed by atoms with E-state index in [4.69, 9.17) is 0 Å². The van der Waals surface area contributed by atoms with Crippen LogP contribution in [0.1, 0.15) is 25.8 Å². The lowest BCUT2D eigenvalue weighted by molar-refractivity contribution is -0.719. The molecule has 0 N–H and O–H groups in total. The zero-order valence-corrected chi connectivity index (χ0v) is 13.4. The Balaban J connectivity index is 0.00000176. The Bertz CT molecular complexity index is 645. The van der Waals surface area contributed by atoms with Gasteiger partial charge in [-0.1, -0.05) is 18.2 Å². The predicted molar refractivity (Wildman–Crippen MR) is 85.3 cm³/mol. The Labute approximate surface area is 138 Å². The van der Waals surface area contributed by atoms with Gasteiger partial charge in [-0.2, -0.15) is 0 Å². The van der Waals surface area contributed by atoms with Crippen LogP contribution in [0.4, 0.5) is 0 Å². The number of halogens is 1. The van der Waals surface area contributed by atoms with Crippen molar-refractivity contribution in [2.24, 2.45) is 0 Å². The van der Waals surface area contributed by atoms with Crippen LogP contribution in [-0.2, 0) is 0 Å². The average Bonchev–Trinajstić information content (AvgIpc) is 2.57. The van der Waals surface area contributed by atoms with Gasteiger partial charge in [-0.25, -0.2) is 4.57 Å². The van der Waals surface area contributed by atoms with Crippen molar-refractivity contribution in [1.29, 1.82) is 0 Å². The van der Waals surface area contributed by atoms with E-state index < -0.39 is 0 Å². The molecule has 0 saturated heterocycles. The summed E-state index contributed by atoms with van der Waals surface area (Å²) >= 11 is 0. The predicted octanol–water partition coefficient (Wildman–Crippen LogP) is 1.08. The summed E-state index contributed by atoms with van der Waals surface area (Å²) in [4.78, 5) is 4.06. The van der Waals surface area contributed by atoms with Crippen LogP contribution in [0.2, 0.25) is 0 Å². The summed E-state index contributed by atoms with van der Waals surface area (Å²) in [5, 5.41) is 0. The summed E-state index contributed by atoms with van der Waals surface area (Å²) in [5.41, 5.74) is 3.86. The molecule has 22 heavy (non-hydrogen) atoms. The van der Waals surface area contributed by atoms with Crippen LogP contribution >= 0.6 is 0 Å². The van der Waals surface area contributed by atoms with Crippen molar-refractivity contribution < 1.29 is 17.0 Å². The average molecular weight is 312 g/mol. The minimum Gasteiger partial charge on any atom is -1.00 e. The van der Waals surface area contributed by atoms with E-state index in [1.807, 2.05) is 24.5 Å². The SMILES string of the molecule is CC(CC1=CC[CH]C=C1)[n+]1ccc(-c2ccncc2)cc1.[Cl-]. The quantitative estimate of drug-likeness (QED) is 0.772. The first-order chi connectivity index (χ1) is 10.3. The maximum absolute atomic E-state index is 4.06. The molecular weight excluding hydrogens is 292 g/mol. The Morgan fingerprint density at radius 1 is 1.09 bits per heavy atom. The molecule has 0 saturated carbocycles. The van der Waals surface area contributed by atoms with Crippen LogP contribution in [0.5, 0.6) is 0 Å². The summed E-state index contributed by atoms with van der Waals surface area (Å²) in [5.74, 6) is 0. The standard InChI is InChI=1S/C19H20N2.ClH/c1-16(15-17-5-3-2-4-6-17)21-13-9-19(10-14-21)18-7-11-20-12-8-18;/h2-3,5-14,16H,4,15H2,1H3;1H/q+1;/p-1. The maximum Gasteiger partial charge on any atom is 0.169 e. The molecule has 0 spiro atoms. The van der Waals surface area contributed by atoms with Gasteiger partial charge in [0.1, 0.15) is 0 Å². The first-order valence-electron chi connectivity index (χ1n) is 7.43. The second-order valence-electron chi connectivity index (χ2n) is 5.43. The normalized spacial score (nSPS) is 14.9. The highest BCUT2D eigenvalue weighted by atomic mass is 35.5. The van der Waals surface area contributed by atoms with Crippen LogP contribution < -0.4 is 17.0 Å². The van der Waals surface area contributed by atoms with Gasteiger partial charge in [0.15, 0.2) is 18.4 Å². The first kappa shape index (κ1) is 16.4. The monoisotopic (exact) mass is 311 g/mol. The van der Waals surface area contributed by atoms with Gasteiger partial charge in [0.05, 0.1) is 0 Å². The van der Waals surface area contributed by atoms with Crippen LogP contribution in [0.15, 0.2) is 72.9 Å². The first-order valence-corrected chi connectivity index (χ1v) is 7.43. The van der Waals surface area contributed by atoms with Crippen molar-refractivity contribution >= 4 is 0 Å². The highest BCUT2D eigenvalue weighted by molar-refractivity contribution is 5.61. The van der Waals surface area contributed by atoms with E-state index in [0.29, 0.717) is 6.04 Å². The van der Waals surface area contributed by atoms with E-state index in [9.17, 15) is 0 Å². The number of pyridine rings is 2. The smallest absolute Gasteiger partial charge is 0.169 e. The topological polar surface area (TPSA) is 16.8 Å². The highest BCUT2D eigenvalue weighted by Gasteiger charge is 2.14. The molecule has 3 heteroatoms. The third-order valence-corrected chi connectivity index (χ3v) is 3.87. The summed E-state index contributed by atoms with van der Waals surface area (Å²) in [6.07, 6.45) is 19.0. The molecule has 0 fully saturated rings. The minimum absolute atomic E-state index is 0. The van der Waals surface area contributed by atoms with Crippen molar-refractivity contribution in [3.05, 3.63) is 79.3 Å². The molecule has 2 aromatic rings. The highest BCUT2D eigenvalue weighted by Crippen LogP contribution is 2.19. The molecule has 3 rings (SSSR count). The van der Waals surface area contributed by atoms with Gasteiger partial charge in [-0.05, 0) is 48.6 Å². The zero-order valence-electron chi connectivity index (χ0n) is 12.7. The zero-order chi connectivity index (χ0) is 14.5. The molecule has 1 atom stereocenters. The molecule has 113 valence electrons. The number of hydrogen-bond donors (Lipinski definition) is 0. The lowest BCUT2D eigenvalue weighted by Crippen LogP contribution is -3.00. The molecule has 1 unspecified atom stereocenters. The fraction of sp³-hybridized carbons (Fsp3) is 0.211. The van der Waals surface area contributed by atoms with Crippen molar-refractivity contribution in [1.82, 2.24) is 4.98 Å². The third kappa shape index (κ3) is 4.05. The number of hydrogen-bond acceptors (Lipinski definition) is 1. The molecule has 1 radical (unpaired) electrons. The van der Waals surface area contributed by atoms with Crippen LogP contribution in [0.25, 0.3) is 11.1 Å². The molecule has 2 heterocycles. The molecule has 1 aliphatic rings. The fourth-order valence-electron chi connectivity index (χ4n) is 2.62. The van der Waals surface area contributed by atoms with Crippen molar-refractivity contribution in [2.45, 2.75) is 25.8 Å². The van der Waals surface area contributed by atoms with E-state index in [1.165, 1.54) is 16.7 Å². The van der Waals surface area contributed by atoms with E-state index in [0.717, 1.165) is 12.8 Å². The van der Waals surface area contributed by atoms with Crippen molar-refractivity contribution in [2.75, 3.05) is 0 Å². The Morgan fingerprint density at radius 3 is 2.41 bits per heavy atom. The number of aromatic nitrogens is 2. The number of allylic oxidation sites excluding steroid dienone is 4. The molecule has 1 aliphatic carbocycles. The van der Waals surface area contributed by atoms with Gasteiger partial charge in [0.2, 0.25) is 0 Å². The van der Waals surface area contributed by atoms with Crippen LogP contribution in [0, 0.1) is 6.42 Å². The second-order valence-corrected chi connectivity index (χ2v) is 5.43. The van der Waals surface area contributed by atoms with Crippen LogP contribution in [0.3, 0.4) is 0 Å². The maximum atomic E-state index is 4.06. The Kier molecular flexibility index (Phi) is 5.91. The summed E-state index contributed by atoms with van der Waals surface area (Å²) in [6.45, 7) is 2.26. The molecule has 0 amide bonds. The lowest BCUT2D eigenvalue weighted by atomic mass is 10.0. The van der Waals surface area contributed by atoms with E-state index >= 15 is 0 Å². The van der Waals surface area contributed by atoms with Crippen molar-refractivity contribution in [3.63, 3.8) is 0 Å². The minimum atomic E-state index is 0. The summed E-state index contributed by atoms with van der Waals surface area (Å²) < 4.78 is 2.28. The molecule has 2 aromatic heterocycles. The van der Waals surface area contributed by atoms with E-state index in [-0.39, 0.29) is 12.4 Å². The summed E-state index contributed by atoms with van der Waals surface area (Å²) in [6, 6.07) is 8.88. The third-order valence-electron chi connectivity index (χ3n) is 3.87. The molecule has 0 bridgehead atoms. The van der Waals surface area contributed by atoms with Crippen molar-refractivity contribution in [3.8, 4) is 11.1 Å². The molecular formula is C19H20ClN2. The van der Waals surface area contributed by atoms with Gasteiger partial charge in [0.25, 0.3) is 0 Å². The Morgan fingerprint density at radius 2 is 1.77 bits per heavy atom. The summed E-state index contributed by atoms with van der Waals surface area (Å²) in [7, 11) is 0. The second kappa shape index (κ2) is 7.90. The molecule has 0 aromatic carbocycles.